The Balaban J connectivity index is 1.32. The van der Waals surface area contributed by atoms with Gasteiger partial charge in [-0.15, -0.1) is 0 Å². The maximum atomic E-state index is 2.63. The van der Waals surface area contributed by atoms with Crippen LogP contribution in [-0.4, -0.2) is 11.3 Å². The van der Waals surface area contributed by atoms with Gasteiger partial charge in [-0.1, -0.05) is 109 Å². The van der Waals surface area contributed by atoms with Gasteiger partial charge < -0.3 is 14.3 Å². The van der Waals surface area contributed by atoms with Gasteiger partial charge in [0.25, 0.3) is 0 Å². The van der Waals surface area contributed by atoms with E-state index in [-0.39, 0.29) is 6.85 Å². The van der Waals surface area contributed by atoms with Crippen LogP contribution < -0.4 is 20.7 Å². The molecule has 3 nitrogen and oxygen atoms in total. The molecule has 0 N–H and O–H groups in total. The van der Waals surface area contributed by atoms with E-state index in [0.717, 1.165) is 17.1 Å². The fourth-order valence-corrected chi connectivity index (χ4v) is 9.41. The Morgan fingerprint density at radius 2 is 1.19 bits per heavy atom. The highest BCUT2D eigenvalue weighted by Crippen LogP contribution is 2.54. The lowest BCUT2D eigenvalue weighted by Gasteiger charge is -2.44. The predicted molar refractivity (Wildman–Crippen MR) is 199 cm³/mol. The van der Waals surface area contributed by atoms with Gasteiger partial charge in [0.05, 0.1) is 11.4 Å². The van der Waals surface area contributed by atoms with E-state index >= 15 is 0 Å². The molecule has 5 heteroatoms. The summed E-state index contributed by atoms with van der Waals surface area (Å²) in [7, 11) is 0. The SMILES string of the molecule is c1ccc(N(c2ccccc2)c2cc3c4c(c2)N2c5ccccc5Sc5cccc(c52)B4n2c4ccccc4c4cccc-3c42)cc1. The summed E-state index contributed by atoms with van der Waals surface area (Å²) in [6, 6.07) is 58.0. The minimum atomic E-state index is 0.0466. The highest BCUT2D eigenvalue weighted by molar-refractivity contribution is 7.99. The number of hydrogen-bond donors (Lipinski definition) is 0. The summed E-state index contributed by atoms with van der Waals surface area (Å²) < 4.78 is 2.63. The Hall–Kier alpha value is -5.65. The van der Waals surface area contributed by atoms with Crippen LogP contribution in [0.15, 0.2) is 168 Å². The number of anilines is 6. The molecular weight excluding hydrogens is 589 g/mol. The lowest BCUT2D eigenvalue weighted by atomic mass is 9.45. The van der Waals surface area contributed by atoms with Crippen molar-refractivity contribution in [3.63, 3.8) is 0 Å². The van der Waals surface area contributed by atoms with Crippen LogP contribution in [0.2, 0.25) is 0 Å². The minimum absolute atomic E-state index is 0.0466. The van der Waals surface area contributed by atoms with Crippen molar-refractivity contribution in [1.29, 1.82) is 0 Å². The van der Waals surface area contributed by atoms with E-state index < -0.39 is 0 Å². The zero-order chi connectivity index (χ0) is 30.6. The van der Waals surface area contributed by atoms with Crippen molar-refractivity contribution < 1.29 is 0 Å². The zero-order valence-electron chi connectivity index (χ0n) is 25.3. The van der Waals surface area contributed by atoms with Gasteiger partial charge in [0, 0.05) is 59.9 Å². The normalized spacial score (nSPS) is 13.4. The number of para-hydroxylation sites is 6. The maximum absolute atomic E-state index is 2.63. The van der Waals surface area contributed by atoms with E-state index in [2.05, 4.69) is 172 Å². The second kappa shape index (κ2) is 9.44. The lowest BCUT2D eigenvalue weighted by molar-refractivity contribution is 1.16. The van der Waals surface area contributed by atoms with Crippen LogP contribution in [0.3, 0.4) is 0 Å². The number of aromatic nitrogens is 1. The molecule has 0 radical (unpaired) electrons. The maximum Gasteiger partial charge on any atom is 0.333 e. The van der Waals surface area contributed by atoms with Crippen LogP contribution in [0.4, 0.5) is 34.1 Å². The molecule has 0 aliphatic carbocycles. The van der Waals surface area contributed by atoms with Gasteiger partial charge in [0.1, 0.15) is 0 Å². The molecule has 0 saturated heterocycles. The smallest absolute Gasteiger partial charge is 0.333 e. The van der Waals surface area contributed by atoms with E-state index in [1.165, 1.54) is 70.7 Å². The van der Waals surface area contributed by atoms with Crippen molar-refractivity contribution in [2.75, 3.05) is 9.80 Å². The molecule has 0 saturated carbocycles. The van der Waals surface area contributed by atoms with E-state index in [1.807, 2.05) is 11.8 Å². The van der Waals surface area contributed by atoms with Crippen molar-refractivity contribution >= 4 is 85.5 Å². The van der Waals surface area contributed by atoms with E-state index in [1.54, 1.807) is 0 Å². The Kier molecular flexibility index (Phi) is 5.13. The van der Waals surface area contributed by atoms with Crippen molar-refractivity contribution in [3.8, 4) is 11.1 Å². The second-order valence-electron chi connectivity index (χ2n) is 12.5. The van der Waals surface area contributed by atoms with Crippen LogP contribution in [0.1, 0.15) is 0 Å². The summed E-state index contributed by atoms with van der Waals surface area (Å²) >= 11 is 1.89. The van der Waals surface area contributed by atoms with Crippen LogP contribution in [0.25, 0.3) is 32.9 Å². The third-order valence-electron chi connectivity index (χ3n) is 10.1. The highest BCUT2D eigenvalue weighted by atomic mass is 32.2. The van der Waals surface area contributed by atoms with Gasteiger partial charge >= 0.3 is 6.85 Å². The molecule has 3 aliphatic heterocycles. The fraction of sp³-hybridized carbons (Fsp3) is 0. The molecule has 11 rings (SSSR count). The topological polar surface area (TPSA) is 11.4 Å². The van der Waals surface area contributed by atoms with Gasteiger partial charge in [-0.2, -0.15) is 0 Å². The standard InChI is InChI=1S/C42H26BN3S/c1-3-13-27(14-4-1)44(28-15-5-2-6-16-28)29-25-33-32-19-11-18-31-30-17-7-8-21-35(30)46(41(31)32)43-34-20-12-24-39-42(34)45(37(26-29)40(33)43)36-22-9-10-23-38(36)47-39/h1-26H. The van der Waals surface area contributed by atoms with Crippen molar-refractivity contribution in [2.24, 2.45) is 0 Å². The number of fused-ring (bicyclic) bond motifs is 9. The molecule has 47 heavy (non-hydrogen) atoms. The summed E-state index contributed by atoms with van der Waals surface area (Å²) in [5.74, 6) is 0. The van der Waals surface area contributed by atoms with Gasteiger partial charge in [0.15, 0.2) is 0 Å². The first-order chi connectivity index (χ1) is 23.3. The van der Waals surface area contributed by atoms with Crippen molar-refractivity contribution in [1.82, 2.24) is 4.48 Å². The molecule has 0 bridgehead atoms. The molecule has 218 valence electrons. The van der Waals surface area contributed by atoms with Crippen LogP contribution >= 0.6 is 11.8 Å². The first kappa shape index (κ1) is 25.5. The monoisotopic (exact) mass is 615 g/mol. The van der Waals surface area contributed by atoms with Gasteiger partial charge in [0.2, 0.25) is 0 Å². The van der Waals surface area contributed by atoms with Gasteiger partial charge in [-0.25, -0.2) is 0 Å². The summed E-state index contributed by atoms with van der Waals surface area (Å²) in [5, 5.41) is 2.62. The van der Waals surface area contributed by atoms with Crippen molar-refractivity contribution in [2.45, 2.75) is 9.79 Å². The third kappa shape index (κ3) is 3.39. The molecule has 8 aromatic rings. The number of rotatable bonds is 3. The molecule has 0 atom stereocenters. The van der Waals surface area contributed by atoms with E-state index in [0.29, 0.717) is 0 Å². The van der Waals surface area contributed by atoms with Crippen LogP contribution in [0, 0.1) is 0 Å². The Labute approximate surface area is 277 Å². The zero-order valence-corrected chi connectivity index (χ0v) is 26.2. The number of benzene rings is 7. The summed E-state index contributed by atoms with van der Waals surface area (Å²) in [6.45, 7) is 0.0466. The molecule has 0 amide bonds. The van der Waals surface area contributed by atoms with Crippen molar-refractivity contribution in [3.05, 3.63) is 158 Å². The quantitative estimate of drug-likeness (QED) is 0.184. The molecule has 3 aliphatic rings. The number of hydrogen-bond acceptors (Lipinski definition) is 3. The minimum Gasteiger partial charge on any atom is -0.375 e. The summed E-state index contributed by atoms with van der Waals surface area (Å²) in [4.78, 5) is 7.54. The average Bonchev–Trinajstić information content (AvgIpc) is 3.47. The molecule has 0 unspecified atom stereocenters. The Morgan fingerprint density at radius 3 is 2.02 bits per heavy atom. The molecule has 0 spiro atoms. The molecule has 7 aromatic carbocycles. The first-order valence-corrected chi connectivity index (χ1v) is 17.0. The predicted octanol–water partition coefficient (Wildman–Crippen LogP) is 10.1. The van der Waals surface area contributed by atoms with E-state index in [4.69, 9.17) is 0 Å². The van der Waals surface area contributed by atoms with Crippen LogP contribution in [0.5, 0.6) is 0 Å². The molecule has 0 fully saturated rings. The van der Waals surface area contributed by atoms with E-state index in [9.17, 15) is 0 Å². The second-order valence-corrected chi connectivity index (χ2v) is 13.6. The summed E-state index contributed by atoms with van der Waals surface area (Å²) in [5.41, 5.74) is 15.1. The average molecular weight is 616 g/mol. The van der Waals surface area contributed by atoms with Gasteiger partial charge in [-0.3, -0.25) is 0 Å². The van der Waals surface area contributed by atoms with Crippen LogP contribution in [-0.2, 0) is 0 Å². The summed E-state index contributed by atoms with van der Waals surface area (Å²) in [6.07, 6.45) is 0. The lowest BCUT2D eigenvalue weighted by Crippen LogP contribution is -2.57. The molecule has 1 aromatic heterocycles. The third-order valence-corrected chi connectivity index (χ3v) is 11.2. The fourth-order valence-electron chi connectivity index (χ4n) is 8.31. The first-order valence-electron chi connectivity index (χ1n) is 16.2. The van der Waals surface area contributed by atoms with Gasteiger partial charge in [-0.05, 0) is 77.2 Å². The molecular formula is C42H26BN3S. The highest BCUT2D eigenvalue weighted by Gasteiger charge is 2.45. The molecule has 4 heterocycles. The Morgan fingerprint density at radius 1 is 0.511 bits per heavy atom. The Bertz CT molecular complexity index is 2540. The largest absolute Gasteiger partial charge is 0.375 e. The number of nitrogens with zero attached hydrogens (tertiary/aromatic N) is 3.